The molecule has 11 heteroatoms. The first kappa shape index (κ1) is 24.9. The summed E-state index contributed by atoms with van der Waals surface area (Å²) in [6.07, 6.45) is 0.937. The van der Waals surface area contributed by atoms with Gasteiger partial charge < -0.3 is 10.2 Å². The zero-order valence-electron chi connectivity index (χ0n) is 17.1. The van der Waals surface area contributed by atoms with Gasteiger partial charge in [-0.3, -0.25) is 13.9 Å². The fourth-order valence-electron chi connectivity index (χ4n) is 2.85. The molecule has 0 aliphatic heterocycles. The van der Waals surface area contributed by atoms with Crippen molar-refractivity contribution in [3.63, 3.8) is 0 Å². The van der Waals surface area contributed by atoms with Crippen LogP contribution in [-0.4, -0.2) is 51.0 Å². The number of likely N-dealkylation sites (N-methyl/N-ethyl adjacent to an activating group) is 1. The third-order valence-electron chi connectivity index (χ3n) is 4.56. The number of sulfonamides is 1. The van der Waals surface area contributed by atoms with E-state index in [4.69, 9.17) is 23.2 Å². The maximum Gasteiger partial charge on any atom is 0.244 e. The van der Waals surface area contributed by atoms with Crippen LogP contribution in [0.2, 0.25) is 10.0 Å². The SMILES string of the molecule is CNC(=O)[C@H](C)N(Cc1ccc(Cl)cc1Cl)C(=O)CN(c1ccc(F)cc1)S(C)(=O)=O. The quantitative estimate of drug-likeness (QED) is 0.617. The van der Waals surface area contributed by atoms with Gasteiger partial charge in [0.25, 0.3) is 0 Å². The summed E-state index contributed by atoms with van der Waals surface area (Å²) >= 11 is 12.1. The van der Waals surface area contributed by atoms with E-state index in [0.29, 0.717) is 15.6 Å². The van der Waals surface area contributed by atoms with Gasteiger partial charge in [0.2, 0.25) is 21.8 Å². The van der Waals surface area contributed by atoms with Gasteiger partial charge in [0.15, 0.2) is 0 Å². The summed E-state index contributed by atoms with van der Waals surface area (Å²) in [5.74, 6) is -1.63. The maximum atomic E-state index is 13.3. The molecule has 0 aliphatic carbocycles. The number of hydrogen-bond donors (Lipinski definition) is 1. The number of rotatable bonds is 8. The second kappa shape index (κ2) is 10.3. The Morgan fingerprint density at radius 2 is 1.74 bits per heavy atom. The van der Waals surface area contributed by atoms with Crippen molar-refractivity contribution in [3.05, 3.63) is 63.9 Å². The van der Waals surface area contributed by atoms with E-state index in [1.165, 1.54) is 37.1 Å². The lowest BCUT2D eigenvalue weighted by atomic mass is 10.1. The lowest BCUT2D eigenvalue weighted by Crippen LogP contribution is -2.50. The van der Waals surface area contributed by atoms with Gasteiger partial charge in [-0.25, -0.2) is 12.8 Å². The highest BCUT2D eigenvalue weighted by molar-refractivity contribution is 7.92. The van der Waals surface area contributed by atoms with Gasteiger partial charge in [-0.15, -0.1) is 0 Å². The Labute approximate surface area is 190 Å². The predicted molar refractivity (Wildman–Crippen MR) is 119 cm³/mol. The van der Waals surface area contributed by atoms with Gasteiger partial charge in [0.1, 0.15) is 18.4 Å². The molecule has 0 fully saturated rings. The minimum absolute atomic E-state index is 0.0511. The average Bonchev–Trinajstić information content (AvgIpc) is 2.70. The number of carbonyl (C=O) groups is 2. The van der Waals surface area contributed by atoms with Crippen LogP contribution < -0.4 is 9.62 Å². The monoisotopic (exact) mass is 489 g/mol. The molecule has 2 rings (SSSR count). The first-order valence-corrected chi connectivity index (χ1v) is 11.7. The topological polar surface area (TPSA) is 86.8 Å². The first-order valence-electron chi connectivity index (χ1n) is 9.12. The highest BCUT2D eigenvalue weighted by atomic mass is 35.5. The molecule has 1 atom stereocenters. The van der Waals surface area contributed by atoms with Crippen LogP contribution in [-0.2, 0) is 26.2 Å². The van der Waals surface area contributed by atoms with Gasteiger partial charge >= 0.3 is 0 Å². The molecule has 0 heterocycles. The molecule has 0 saturated carbocycles. The van der Waals surface area contributed by atoms with Crippen molar-refractivity contribution in [1.82, 2.24) is 10.2 Å². The number of hydrogen-bond acceptors (Lipinski definition) is 4. The summed E-state index contributed by atoms with van der Waals surface area (Å²) < 4.78 is 38.8. The second-order valence-electron chi connectivity index (χ2n) is 6.79. The normalized spacial score (nSPS) is 12.2. The third-order valence-corrected chi connectivity index (χ3v) is 6.29. The van der Waals surface area contributed by atoms with Gasteiger partial charge in [0, 0.05) is 23.6 Å². The third kappa shape index (κ3) is 6.56. The Morgan fingerprint density at radius 3 is 2.26 bits per heavy atom. The summed E-state index contributed by atoms with van der Waals surface area (Å²) in [5.41, 5.74) is 0.650. The molecule has 0 unspecified atom stereocenters. The number of benzene rings is 2. The zero-order valence-corrected chi connectivity index (χ0v) is 19.4. The Morgan fingerprint density at radius 1 is 1.13 bits per heavy atom. The van der Waals surface area contributed by atoms with Gasteiger partial charge in [0.05, 0.1) is 11.9 Å². The highest BCUT2D eigenvalue weighted by Gasteiger charge is 2.30. The van der Waals surface area contributed by atoms with Crippen molar-refractivity contribution in [2.75, 3.05) is 24.2 Å². The number of halogens is 3. The van der Waals surface area contributed by atoms with Crippen LogP contribution in [0.25, 0.3) is 0 Å². The van der Waals surface area contributed by atoms with Crippen LogP contribution in [0.5, 0.6) is 0 Å². The Kier molecular flexibility index (Phi) is 8.27. The second-order valence-corrected chi connectivity index (χ2v) is 9.54. The minimum Gasteiger partial charge on any atom is -0.357 e. The molecule has 0 bridgehead atoms. The fourth-order valence-corrected chi connectivity index (χ4v) is 4.16. The van der Waals surface area contributed by atoms with Crippen LogP contribution in [0, 0.1) is 5.82 Å². The molecule has 0 spiro atoms. The van der Waals surface area contributed by atoms with E-state index >= 15 is 0 Å². The number of nitrogens with one attached hydrogen (secondary N) is 1. The van der Waals surface area contributed by atoms with E-state index in [0.717, 1.165) is 22.7 Å². The van der Waals surface area contributed by atoms with Crippen LogP contribution >= 0.6 is 23.2 Å². The minimum atomic E-state index is -3.88. The summed E-state index contributed by atoms with van der Waals surface area (Å²) in [7, 11) is -2.45. The van der Waals surface area contributed by atoms with Crippen LogP contribution in [0.15, 0.2) is 42.5 Å². The highest BCUT2D eigenvalue weighted by Crippen LogP contribution is 2.24. The number of carbonyl (C=O) groups excluding carboxylic acids is 2. The van der Waals surface area contributed by atoms with Gasteiger partial charge in [-0.05, 0) is 48.9 Å². The Hall–Kier alpha value is -2.36. The molecule has 1 N–H and O–H groups in total. The Balaban J connectivity index is 2.40. The molecule has 31 heavy (non-hydrogen) atoms. The van der Waals surface area contributed by atoms with Crippen molar-refractivity contribution in [1.29, 1.82) is 0 Å². The van der Waals surface area contributed by atoms with E-state index < -0.39 is 40.2 Å². The predicted octanol–water partition coefficient (Wildman–Crippen LogP) is 3.06. The summed E-state index contributed by atoms with van der Waals surface area (Å²) in [5, 5.41) is 3.18. The van der Waals surface area contributed by atoms with Crippen molar-refractivity contribution < 1.29 is 22.4 Å². The van der Waals surface area contributed by atoms with E-state index in [-0.39, 0.29) is 12.2 Å². The average molecular weight is 490 g/mol. The van der Waals surface area contributed by atoms with Crippen molar-refractivity contribution in [2.45, 2.75) is 19.5 Å². The zero-order chi connectivity index (χ0) is 23.3. The smallest absolute Gasteiger partial charge is 0.244 e. The van der Waals surface area contributed by atoms with E-state index in [2.05, 4.69) is 5.32 Å². The van der Waals surface area contributed by atoms with Crippen LogP contribution in [0.3, 0.4) is 0 Å². The lowest BCUT2D eigenvalue weighted by molar-refractivity contribution is -0.139. The number of anilines is 1. The summed E-state index contributed by atoms with van der Waals surface area (Å²) in [6, 6.07) is 8.50. The summed E-state index contributed by atoms with van der Waals surface area (Å²) in [6.45, 7) is 0.880. The summed E-state index contributed by atoms with van der Waals surface area (Å²) in [4.78, 5) is 26.6. The molecule has 2 aromatic carbocycles. The van der Waals surface area contributed by atoms with Crippen molar-refractivity contribution >= 4 is 50.7 Å². The van der Waals surface area contributed by atoms with E-state index in [1.54, 1.807) is 12.1 Å². The van der Waals surface area contributed by atoms with Crippen LogP contribution in [0.4, 0.5) is 10.1 Å². The largest absolute Gasteiger partial charge is 0.357 e. The molecule has 0 saturated heterocycles. The Bertz CT molecular complexity index is 1060. The van der Waals surface area contributed by atoms with Crippen molar-refractivity contribution in [3.8, 4) is 0 Å². The van der Waals surface area contributed by atoms with Gasteiger partial charge in [-0.1, -0.05) is 29.3 Å². The van der Waals surface area contributed by atoms with Crippen molar-refractivity contribution in [2.24, 2.45) is 0 Å². The van der Waals surface area contributed by atoms with E-state index in [9.17, 15) is 22.4 Å². The molecule has 168 valence electrons. The molecule has 2 aromatic rings. The standard InChI is InChI=1S/C20H22Cl2FN3O4S/c1-13(20(28)24-2)25(11-14-4-5-15(21)10-18(14)22)19(27)12-26(31(3,29)30)17-8-6-16(23)7-9-17/h4-10,13H,11-12H2,1-3H3,(H,24,28)/t13-/m0/s1. The van der Waals surface area contributed by atoms with Crippen LogP contribution in [0.1, 0.15) is 12.5 Å². The lowest BCUT2D eigenvalue weighted by Gasteiger charge is -2.31. The molecule has 2 amide bonds. The maximum absolute atomic E-state index is 13.3. The molecule has 7 nitrogen and oxygen atoms in total. The molecule has 0 aromatic heterocycles. The fraction of sp³-hybridized carbons (Fsp3) is 0.300. The molecular weight excluding hydrogens is 468 g/mol. The number of amides is 2. The molecule has 0 radical (unpaired) electrons. The first-order chi connectivity index (χ1) is 14.4. The molecular formula is C20H22Cl2FN3O4S. The van der Waals surface area contributed by atoms with Gasteiger partial charge in [-0.2, -0.15) is 0 Å². The van der Waals surface area contributed by atoms with E-state index in [1.807, 2.05) is 0 Å². The number of nitrogens with zero attached hydrogens (tertiary/aromatic N) is 2. The molecule has 0 aliphatic rings.